The van der Waals surface area contributed by atoms with Crippen molar-refractivity contribution in [1.29, 1.82) is 0 Å². The number of hydrogen-bond donors (Lipinski definition) is 1. The first-order chi connectivity index (χ1) is 13.7. The number of benzene rings is 2. The molecular weight excluding hydrogens is 398 g/mol. The SMILES string of the molecule is O=C(Nc1ccc(Cc2ccncc2C(F)(F)F)c(F)c1)c1c(F)cccc1F. The Balaban J connectivity index is 1.82. The van der Waals surface area contributed by atoms with Crippen molar-refractivity contribution in [1.82, 2.24) is 4.98 Å². The quantitative estimate of drug-likeness (QED) is 0.589. The molecule has 0 atom stereocenters. The fourth-order valence-electron chi connectivity index (χ4n) is 2.71. The zero-order chi connectivity index (χ0) is 21.2. The lowest BCUT2D eigenvalue weighted by atomic mass is 10.0. The third-order valence-electron chi connectivity index (χ3n) is 4.10. The molecule has 0 aliphatic heterocycles. The zero-order valence-corrected chi connectivity index (χ0v) is 14.5. The molecule has 1 aromatic heterocycles. The smallest absolute Gasteiger partial charge is 0.322 e. The Labute approximate surface area is 161 Å². The molecule has 1 N–H and O–H groups in total. The molecule has 0 aliphatic rings. The van der Waals surface area contributed by atoms with E-state index in [2.05, 4.69) is 10.3 Å². The van der Waals surface area contributed by atoms with Crippen molar-refractivity contribution in [3.8, 4) is 0 Å². The molecule has 0 unspecified atom stereocenters. The summed E-state index contributed by atoms with van der Waals surface area (Å²) in [6, 6.07) is 7.29. The van der Waals surface area contributed by atoms with Gasteiger partial charge in [-0.15, -0.1) is 0 Å². The molecule has 9 heteroatoms. The molecule has 0 bridgehead atoms. The normalized spacial score (nSPS) is 11.4. The molecule has 2 aromatic carbocycles. The van der Waals surface area contributed by atoms with Gasteiger partial charge in [-0.1, -0.05) is 12.1 Å². The Kier molecular flexibility index (Phi) is 5.58. The molecule has 3 rings (SSSR count). The summed E-state index contributed by atoms with van der Waals surface area (Å²) in [5, 5.41) is 2.16. The molecule has 0 spiro atoms. The minimum Gasteiger partial charge on any atom is -0.322 e. The van der Waals surface area contributed by atoms with E-state index < -0.39 is 40.7 Å². The van der Waals surface area contributed by atoms with Crippen molar-refractivity contribution in [3.05, 3.63) is 94.6 Å². The molecule has 0 fully saturated rings. The second-order valence-corrected chi connectivity index (χ2v) is 6.06. The van der Waals surface area contributed by atoms with Gasteiger partial charge >= 0.3 is 6.18 Å². The Morgan fingerprint density at radius 3 is 2.24 bits per heavy atom. The highest BCUT2D eigenvalue weighted by Gasteiger charge is 2.33. The maximum Gasteiger partial charge on any atom is 0.418 e. The largest absolute Gasteiger partial charge is 0.418 e. The van der Waals surface area contributed by atoms with Crippen LogP contribution in [0.2, 0.25) is 0 Å². The maximum absolute atomic E-state index is 14.4. The molecule has 0 radical (unpaired) electrons. The van der Waals surface area contributed by atoms with Gasteiger partial charge in [0.2, 0.25) is 0 Å². The average molecular weight is 410 g/mol. The first-order valence-corrected chi connectivity index (χ1v) is 8.20. The van der Waals surface area contributed by atoms with E-state index in [0.717, 1.165) is 30.3 Å². The van der Waals surface area contributed by atoms with Crippen molar-refractivity contribution < 1.29 is 31.1 Å². The maximum atomic E-state index is 14.4. The van der Waals surface area contributed by atoms with Gasteiger partial charge in [-0.2, -0.15) is 13.2 Å². The van der Waals surface area contributed by atoms with E-state index in [-0.39, 0.29) is 23.2 Å². The number of halogens is 6. The zero-order valence-electron chi connectivity index (χ0n) is 14.5. The predicted molar refractivity (Wildman–Crippen MR) is 92.8 cm³/mol. The number of nitrogens with zero attached hydrogens (tertiary/aromatic N) is 1. The van der Waals surface area contributed by atoms with Crippen molar-refractivity contribution in [2.75, 3.05) is 5.32 Å². The van der Waals surface area contributed by atoms with Crippen molar-refractivity contribution in [3.63, 3.8) is 0 Å². The monoisotopic (exact) mass is 410 g/mol. The Morgan fingerprint density at radius 2 is 1.62 bits per heavy atom. The summed E-state index contributed by atoms with van der Waals surface area (Å²) in [7, 11) is 0. The van der Waals surface area contributed by atoms with Crippen LogP contribution < -0.4 is 5.32 Å². The van der Waals surface area contributed by atoms with Crippen LogP contribution >= 0.6 is 0 Å². The molecule has 1 amide bonds. The second kappa shape index (κ2) is 7.94. The number of carbonyl (C=O) groups is 1. The van der Waals surface area contributed by atoms with E-state index >= 15 is 0 Å². The first kappa shape index (κ1) is 20.4. The van der Waals surface area contributed by atoms with Crippen molar-refractivity contribution >= 4 is 11.6 Å². The number of carbonyl (C=O) groups excluding carboxylic acids is 1. The minimum absolute atomic E-state index is 0.0585. The summed E-state index contributed by atoms with van der Waals surface area (Å²) in [5.74, 6) is -4.18. The van der Waals surface area contributed by atoms with Gasteiger partial charge in [0.1, 0.15) is 23.0 Å². The summed E-state index contributed by atoms with van der Waals surface area (Å²) in [4.78, 5) is 15.5. The fourth-order valence-corrected chi connectivity index (χ4v) is 2.71. The van der Waals surface area contributed by atoms with Crippen LogP contribution in [0.1, 0.15) is 27.0 Å². The van der Waals surface area contributed by atoms with Crippen LogP contribution in [0.5, 0.6) is 0 Å². The topological polar surface area (TPSA) is 42.0 Å². The van der Waals surface area contributed by atoms with Gasteiger partial charge in [0.05, 0.1) is 5.56 Å². The lowest BCUT2D eigenvalue weighted by molar-refractivity contribution is -0.138. The van der Waals surface area contributed by atoms with Gasteiger partial charge in [-0.3, -0.25) is 9.78 Å². The van der Waals surface area contributed by atoms with Gasteiger partial charge < -0.3 is 5.32 Å². The Bertz CT molecular complexity index is 1040. The number of aromatic nitrogens is 1. The summed E-state index contributed by atoms with van der Waals surface area (Å²) in [5.41, 5.74) is -2.14. The molecular formula is C20H12F6N2O. The summed E-state index contributed by atoms with van der Waals surface area (Å²) >= 11 is 0. The van der Waals surface area contributed by atoms with Gasteiger partial charge in [0.25, 0.3) is 5.91 Å². The number of hydrogen-bond acceptors (Lipinski definition) is 2. The van der Waals surface area contributed by atoms with Crippen LogP contribution in [0.15, 0.2) is 54.9 Å². The predicted octanol–water partition coefficient (Wildman–Crippen LogP) is 5.36. The van der Waals surface area contributed by atoms with Crippen LogP contribution in [0.4, 0.5) is 32.0 Å². The lowest BCUT2D eigenvalue weighted by Gasteiger charge is -2.13. The third kappa shape index (κ3) is 4.56. The van der Waals surface area contributed by atoms with E-state index in [1.54, 1.807) is 0 Å². The summed E-state index contributed by atoms with van der Waals surface area (Å²) < 4.78 is 80.8. The van der Waals surface area contributed by atoms with Gasteiger partial charge in [-0.05, 0) is 41.5 Å². The van der Waals surface area contributed by atoms with Gasteiger partial charge in [-0.25, -0.2) is 13.2 Å². The van der Waals surface area contributed by atoms with Crippen molar-refractivity contribution in [2.45, 2.75) is 12.6 Å². The second-order valence-electron chi connectivity index (χ2n) is 6.06. The van der Waals surface area contributed by atoms with Crippen LogP contribution in [-0.4, -0.2) is 10.9 Å². The van der Waals surface area contributed by atoms with Gasteiger partial charge in [0, 0.05) is 24.5 Å². The average Bonchev–Trinajstić information content (AvgIpc) is 2.63. The molecule has 0 saturated carbocycles. The summed E-state index contributed by atoms with van der Waals surface area (Å²) in [6.07, 6.45) is -3.18. The van der Waals surface area contributed by atoms with Crippen LogP contribution in [0.3, 0.4) is 0 Å². The van der Waals surface area contributed by atoms with Crippen molar-refractivity contribution in [2.24, 2.45) is 0 Å². The molecule has 29 heavy (non-hydrogen) atoms. The van der Waals surface area contributed by atoms with Crippen LogP contribution in [0.25, 0.3) is 0 Å². The highest BCUT2D eigenvalue weighted by atomic mass is 19.4. The minimum atomic E-state index is -4.64. The first-order valence-electron chi connectivity index (χ1n) is 8.20. The molecule has 1 heterocycles. The molecule has 0 saturated heterocycles. The van der Waals surface area contributed by atoms with E-state index in [1.807, 2.05) is 0 Å². The van der Waals surface area contributed by atoms with E-state index in [4.69, 9.17) is 0 Å². The number of amides is 1. The van der Waals surface area contributed by atoms with Crippen LogP contribution in [-0.2, 0) is 12.6 Å². The molecule has 3 aromatic rings. The number of nitrogens with one attached hydrogen (secondary N) is 1. The third-order valence-corrected chi connectivity index (χ3v) is 4.10. The molecule has 3 nitrogen and oxygen atoms in total. The number of pyridine rings is 1. The number of alkyl halides is 3. The highest BCUT2D eigenvalue weighted by molar-refractivity contribution is 6.04. The summed E-state index contributed by atoms with van der Waals surface area (Å²) in [6.45, 7) is 0. The number of rotatable bonds is 4. The fraction of sp³-hybridized carbons (Fsp3) is 0.100. The lowest BCUT2D eigenvalue weighted by Crippen LogP contribution is -2.16. The van der Waals surface area contributed by atoms with E-state index in [0.29, 0.717) is 6.20 Å². The van der Waals surface area contributed by atoms with Gasteiger partial charge in [0.15, 0.2) is 0 Å². The van der Waals surface area contributed by atoms with E-state index in [9.17, 15) is 31.1 Å². The Hall–Kier alpha value is -3.36. The van der Waals surface area contributed by atoms with E-state index in [1.165, 1.54) is 18.3 Å². The molecule has 150 valence electrons. The Morgan fingerprint density at radius 1 is 0.931 bits per heavy atom. The standard InChI is InChI=1S/C20H12F6N2O/c21-15-2-1-3-16(22)18(15)19(29)28-13-5-4-12(17(23)9-13)8-11-6-7-27-10-14(11)20(24,25)26/h1-7,9-10H,8H2,(H,28,29). The highest BCUT2D eigenvalue weighted by Crippen LogP contribution is 2.32. The number of anilines is 1. The molecule has 0 aliphatic carbocycles. The van der Waals surface area contributed by atoms with Crippen LogP contribution in [0, 0.1) is 17.5 Å².